The summed E-state index contributed by atoms with van der Waals surface area (Å²) >= 11 is 0. The van der Waals surface area contributed by atoms with Crippen molar-refractivity contribution in [3.8, 4) is 0 Å². The average Bonchev–Trinajstić information content (AvgIpc) is 3.02. The molecule has 1 N–H and O–H groups in total. The van der Waals surface area contributed by atoms with E-state index < -0.39 is 96.3 Å². The molecule has 6 unspecified atom stereocenters. The lowest BCUT2D eigenvalue weighted by Crippen LogP contribution is -2.68. The van der Waals surface area contributed by atoms with E-state index in [4.69, 9.17) is 0 Å². The lowest BCUT2D eigenvalue weighted by Gasteiger charge is -2.50. The normalized spacial score (nSPS) is 33.3. The summed E-state index contributed by atoms with van der Waals surface area (Å²) in [5.41, 5.74) is -18.9. The highest BCUT2D eigenvalue weighted by Crippen LogP contribution is 2.69. The molecule has 2 aliphatic rings. The van der Waals surface area contributed by atoms with Crippen LogP contribution in [-0.2, 0) is 4.74 Å². The quantitative estimate of drug-likeness (QED) is 0.332. The van der Waals surface area contributed by atoms with Crippen LogP contribution in [0.2, 0.25) is 0 Å². The molecule has 2 bridgehead atoms. The van der Waals surface area contributed by atoms with Gasteiger partial charge in [-0.2, -0.15) is 39.5 Å². The van der Waals surface area contributed by atoms with Gasteiger partial charge in [-0.25, -0.2) is 22.0 Å². The number of hydrogen-bond acceptors (Lipinski definition) is 2. The second-order valence-corrected chi connectivity index (χ2v) is 10.4. The molecule has 0 saturated heterocycles. The Morgan fingerprint density at radius 1 is 0.806 bits per heavy atom. The summed E-state index contributed by atoms with van der Waals surface area (Å²) in [6, 6.07) is 0. The Hall–Kier alpha value is -1.06. The van der Waals surface area contributed by atoms with Crippen LogP contribution in [0.15, 0.2) is 0 Å². The fourth-order valence-corrected chi connectivity index (χ4v) is 5.65. The zero-order valence-electron chi connectivity index (χ0n) is 19.2. The van der Waals surface area contributed by atoms with Gasteiger partial charge in [-0.15, -0.1) is 0 Å². The molecule has 2 saturated carbocycles. The summed E-state index contributed by atoms with van der Waals surface area (Å²) in [6.45, 7) is 2.57. The van der Waals surface area contributed by atoms with Crippen LogP contribution >= 0.6 is 0 Å². The molecule has 214 valence electrons. The molecule has 0 heterocycles. The van der Waals surface area contributed by atoms with Crippen LogP contribution in [0.5, 0.6) is 0 Å². The van der Waals surface area contributed by atoms with E-state index in [0.29, 0.717) is 0 Å². The van der Waals surface area contributed by atoms with Crippen LogP contribution in [0.25, 0.3) is 0 Å². The molecular weight excluding hydrogens is 538 g/mol. The van der Waals surface area contributed by atoms with Crippen molar-refractivity contribution in [3.63, 3.8) is 0 Å². The predicted octanol–water partition coefficient (Wildman–Crippen LogP) is 7.25. The van der Waals surface area contributed by atoms with E-state index in [-0.39, 0.29) is 13.8 Å². The van der Waals surface area contributed by atoms with Crippen molar-refractivity contribution in [3.05, 3.63) is 0 Å². The van der Waals surface area contributed by atoms with Crippen molar-refractivity contribution in [1.82, 2.24) is 0 Å². The fraction of sp³-hybridized carbons (Fsp3) is 1.00. The van der Waals surface area contributed by atoms with Crippen molar-refractivity contribution < 1.29 is 71.3 Å². The maximum absolute atomic E-state index is 15.8. The summed E-state index contributed by atoms with van der Waals surface area (Å²) < 4.78 is 199. The molecule has 0 amide bonds. The van der Waals surface area contributed by atoms with Crippen LogP contribution < -0.4 is 0 Å². The summed E-state index contributed by atoms with van der Waals surface area (Å²) in [7, 11) is 0. The Bertz CT molecular complexity index is 803. The molecule has 0 aromatic carbocycles. The SMILES string of the molecule is CC1C(C)C2CC1C(F)(F)C2(F)CC(OC(C)(C)CC(O)(C(F)F)C(F)(F)F)(C(F)(F)F)C(F)(F)F. The minimum atomic E-state index is -6.74. The number of fused-ring (bicyclic) bond motifs is 2. The standard InChI is InChI=1S/C20H24F14O2/c1-8-9(2)11-5-10(8)14(23,17(11,24)25)7-16(19(29,30)31,20(32,33)34)36-13(3,4)6-15(35,12(21)22)18(26,27)28/h8-12,35H,5-7H2,1-4H3. The van der Waals surface area contributed by atoms with E-state index in [1.54, 1.807) is 0 Å². The van der Waals surface area contributed by atoms with Gasteiger partial charge in [0.1, 0.15) is 0 Å². The number of ether oxygens (including phenoxy) is 1. The first-order valence-electron chi connectivity index (χ1n) is 10.6. The lowest BCUT2D eigenvalue weighted by atomic mass is 9.67. The van der Waals surface area contributed by atoms with Crippen LogP contribution in [-0.4, -0.2) is 58.5 Å². The third-order valence-corrected chi connectivity index (χ3v) is 7.63. The minimum Gasteiger partial charge on any atom is -0.376 e. The van der Waals surface area contributed by atoms with Gasteiger partial charge >= 0.3 is 18.5 Å². The van der Waals surface area contributed by atoms with Crippen LogP contribution in [0.3, 0.4) is 0 Å². The van der Waals surface area contributed by atoms with Gasteiger partial charge in [-0.1, -0.05) is 13.8 Å². The topological polar surface area (TPSA) is 29.5 Å². The molecule has 2 rings (SSSR count). The molecule has 2 aliphatic carbocycles. The van der Waals surface area contributed by atoms with Gasteiger partial charge in [-0.3, -0.25) is 0 Å². The van der Waals surface area contributed by atoms with Gasteiger partial charge in [-0.05, 0) is 32.1 Å². The first-order chi connectivity index (χ1) is 15.6. The van der Waals surface area contributed by atoms with Crippen LogP contribution in [0.1, 0.15) is 47.0 Å². The van der Waals surface area contributed by atoms with Crippen molar-refractivity contribution in [2.24, 2.45) is 23.7 Å². The molecule has 2 nitrogen and oxygen atoms in total. The predicted molar refractivity (Wildman–Crippen MR) is 95.0 cm³/mol. The zero-order valence-corrected chi connectivity index (χ0v) is 19.2. The second kappa shape index (κ2) is 8.47. The first-order valence-corrected chi connectivity index (χ1v) is 10.6. The number of hydrogen-bond donors (Lipinski definition) is 1. The minimum absolute atomic E-state index is 0.0901. The Kier molecular flexibility index (Phi) is 7.33. The number of halogens is 14. The average molecular weight is 562 g/mol. The highest BCUT2D eigenvalue weighted by atomic mass is 19.4. The van der Waals surface area contributed by atoms with Gasteiger partial charge < -0.3 is 9.84 Å². The van der Waals surface area contributed by atoms with E-state index in [1.807, 2.05) is 0 Å². The van der Waals surface area contributed by atoms with Crippen LogP contribution in [0.4, 0.5) is 61.5 Å². The third-order valence-electron chi connectivity index (χ3n) is 7.63. The van der Waals surface area contributed by atoms with Gasteiger partial charge in [0.2, 0.25) is 5.60 Å². The fourth-order valence-electron chi connectivity index (χ4n) is 5.65. The molecule has 6 atom stereocenters. The number of alkyl halides is 14. The van der Waals surface area contributed by atoms with Gasteiger partial charge in [0, 0.05) is 24.7 Å². The van der Waals surface area contributed by atoms with Crippen molar-refractivity contribution in [2.45, 2.75) is 100 Å². The Labute approximate surface area is 196 Å². The summed E-state index contributed by atoms with van der Waals surface area (Å²) in [5, 5.41) is 9.42. The second-order valence-electron chi connectivity index (χ2n) is 10.4. The highest BCUT2D eigenvalue weighted by Gasteiger charge is 2.83. The van der Waals surface area contributed by atoms with E-state index in [0.717, 1.165) is 0 Å². The van der Waals surface area contributed by atoms with Gasteiger partial charge in [0.25, 0.3) is 17.9 Å². The van der Waals surface area contributed by atoms with Gasteiger partial charge in [0.15, 0.2) is 5.67 Å². The van der Waals surface area contributed by atoms with E-state index in [2.05, 4.69) is 4.74 Å². The molecule has 0 aliphatic heterocycles. The lowest BCUT2D eigenvalue weighted by molar-refractivity contribution is -0.419. The molecule has 0 aromatic rings. The maximum Gasteiger partial charge on any atom is 0.426 e. The van der Waals surface area contributed by atoms with E-state index in [1.165, 1.54) is 13.8 Å². The zero-order chi connectivity index (χ0) is 28.7. The monoisotopic (exact) mass is 562 g/mol. The molecule has 0 radical (unpaired) electrons. The number of aliphatic hydroxyl groups is 1. The Morgan fingerprint density at radius 2 is 1.22 bits per heavy atom. The summed E-state index contributed by atoms with van der Waals surface area (Å²) in [6.07, 6.45) is -30.9. The molecule has 2 fully saturated rings. The number of rotatable bonds is 7. The largest absolute Gasteiger partial charge is 0.426 e. The molecular formula is C20H24F14O2. The van der Waals surface area contributed by atoms with Crippen molar-refractivity contribution >= 4 is 0 Å². The third kappa shape index (κ3) is 4.45. The molecule has 0 aromatic heterocycles. The van der Waals surface area contributed by atoms with E-state index >= 15 is 4.39 Å². The maximum atomic E-state index is 15.8. The van der Waals surface area contributed by atoms with E-state index in [9.17, 15) is 62.2 Å². The summed E-state index contributed by atoms with van der Waals surface area (Å²) in [4.78, 5) is 0. The van der Waals surface area contributed by atoms with Crippen molar-refractivity contribution in [1.29, 1.82) is 0 Å². The highest BCUT2D eigenvalue weighted by molar-refractivity contribution is 5.20. The molecule has 36 heavy (non-hydrogen) atoms. The summed E-state index contributed by atoms with van der Waals surface area (Å²) in [5.74, 6) is -10.7. The molecule has 16 heteroatoms. The van der Waals surface area contributed by atoms with Gasteiger partial charge in [0.05, 0.1) is 5.60 Å². The smallest absolute Gasteiger partial charge is 0.376 e. The Balaban J connectivity index is 2.66. The van der Waals surface area contributed by atoms with Crippen molar-refractivity contribution in [2.75, 3.05) is 0 Å². The Morgan fingerprint density at radius 3 is 1.56 bits per heavy atom. The molecule has 0 spiro atoms. The first kappa shape index (κ1) is 31.2. The van der Waals surface area contributed by atoms with Crippen LogP contribution in [0, 0.1) is 23.7 Å².